The molecule has 0 aromatic rings. The number of hydrogen-bond acceptors (Lipinski definition) is 8. The molecule has 0 aromatic carbocycles. The van der Waals surface area contributed by atoms with E-state index in [0.717, 1.165) is 38.5 Å². The Morgan fingerprint density at radius 2 is 1.00 bits per heavy atom. The summed E-state index contributed by atoms with van der Waals surface area (Å²) in [5, 5.41) is 0.522. The minimum atomic E-state index is -2.84. The zero-order valence-corrected chi connectivity index (χ0v) is 25.0. The molecule has 0 fully saturated rings. The van der Waals surface area contributed by atoms with E-state index >= 15 is 0 Å². The van der Waals surface area contributed by atoms with Gasteiger partial charge < -0.3 is 18.8 Å². The quantitative estimate of drug-likeness (QED) is 0.170. The van der Waals surface area contributed by atoms with E-state index in [1.54, 1.807) is 0 Å². The first-order chi connectivity index (χ1) is 12.7. The summed E-state index contributed by atoms with van der Waals surface area (Å²) in [6.45, 7) is 16.0. The Morgan fingerprint density at radius 1 is 0.724 bits per heavy atom. The molecule has 0 N–H and O–H groups in total. The van der Waals surface area contributed by atoms with E-state index < -0.39 is 11.4 Å². The molecule has 0 heterocycles. The van der Waals surface area contributed by atoms with Crippen molar-refractivity contribution in [3.05, 3.63) is 0 Å². The van der Waals surface area contributed by atoms with Gasteiger partial charge in [-0.15, -0.1) is 22.8 Å². The first kappa shape index (κ1) is 35.9. The number of unbranched alkanes of at least 4 members (excludes halogenated alkanes) is 2. The van der Waals surface area contributed by atoms with E-state index in [9.17, 15) is 9.79 Å². The molecule has 0 aliphatic heterocycles. The Labute approximate surface area is 209 Å². The Morgan fingerprint density at radius 3 is 1.21 bits per heavy atom. The number of hydrogen-bond donors (Lipinski definition) is 0. The molecule has 0 aliphatic carbocycles. The molecule has 0 bridgehead atoms. The molecule has 0 spiro atoms. The van der Waals surface area contributed by atoms with Crippen LogP contribution in [0.1, 0.15) is 93.9 Å². The van der Waals surface area contributed by atoms with E-state index in [0.29, 0.717) is 0 Å². The minimum Gasteiger partial charge on any atom is -0.793 e. The van der Waals surface area contributed by atoms with Crippen LogP contribution >= 0.6 is 34.2 Å². The second-order valence-corrected chi connectivity index (χ2v) is 20.3. The average Bonchev–Trinajstić information content (AvgIpc) is 2.47. The zero-order valence-electron chi connectivity index (χ0n) is 19.0. The fraction of sp³-hybridized carbons (Fsp3) is 1.00. The maximum Gasteiger partial charge on any atom is 2.00 e. The van der Waals surface area contributed by atoms with Crippen molar-refractivity contribution in [1.82, 2.24) is 0 Å². The van der Waals surface area contributed by atoms with Gasteiger partial charge in [-0.3, -0.25) is 0 Å². The summed E-state index contributed by atoms with van der Waals surface area (Å²) in [4.78, 5) is 23.5. The molecule has 29 heavy (non-hydrogen) atoms. The van der Waals surface area contributed by atoms with Crippen molar-refractivity contribution >= 4 is 57.8 Å². The Kier molecular flexibility index (Phi) is 24.5. The third-order valence-corrected chi connectivity index (χ3v) is 12.5. The molecule has 4 nitrogen and oxygen atoms in total. The largest absolute Gasteiger partial charge is 2.00 e. The zero-order chi connectivity index (χ0) is 22.4. The maximum atomic E-state index is 11.8. The summed E-state index contributed by atoms with van der Waals surface area (Å²) in [7, 11) is 0. The molecule has 4 unspecified atom stereocenters. The van der Waals surface area contributed by atoms with Gasteiger partial charge in [0, 0.05) is 21.9 Å². The topological polar surface area (TPSA) is 64.6 Å². The summed E-state index contributed by atoms with van der Waals surface area (Å²) in [5.74, 6) is 0. The Hall–Kier alpha value is 2.36. The molecule has 0 aliphatic rings. The molecule has 0 saturated heterocycles. The molecule has 4 atom stereocenters. The molecule has 11 heteroatoms. The molecule has 0 saturated carbocycles. The van der Waals surface area contributed by atoms with Crippen molar-refractivity contribution < 1.29 is 35.9 Å². The van der Waals surface area contributed by atoms with E-state index in [1.165, 1.54) is 22.8 Å². The summed E-state index contributed by atoms with van der Waals surface area (Å²) >= 11 is 12.4. The van der Waals surface area contributed by atoms with Crippen molar-refractivity contribution in [3.8, 4) is 0 Å². The predicted molar refractivity (Wildman–Crippen MR) is 134 cm³/mol. The molecule has 0 aromatic heterocycles. The van der Waals surface area contributed by atoms with Crippen molar-refractivity contribution in [3.63, 3.8) is 0 Å². The van der Waals surface area contributed by atoms with Crippen LogP contribution in [0.25, 0.3) is 0 Å². The summed E-state index contributed by atoms with van der Waals surface area (Å²) in [5.41, 5.74) is -5.69. The van der Waals surface area contributed by atoms with Crippen LogP contribution in [0, 0.1) is 0 Å². The van der Waals surface area contributed by atoms with Gasteiger partial charge in [0.05, 0.1) is 12.2 Å². The van der Waals surface area contributed by atoms with Crippen molar-refractivity contribution in [2.24, 2.45) is 0 Å². The summed E-state index contributed by atoms with van der Waals surface area (Å²) in [6.07, 6.45) is 6.38. The fourth-order valence-corrected chi connectivity index (χ4v) is 12.6. The molecule has 181 valence electrons. The van der Waals surface area contributed by atoms with Gasteiger partial charge in [-0.05, 0) is 26.7 Å². The van der Waals surface area contributed by atoms with Crippen LogP contribution < -0.4 is 9.79 Å². The minimum absolute atomic E-state index is 0. The van der Waals surface area contributed by atoms with Crippen molar-refractivity contribution in [2.45, 2.75) is 117 Å². The van der Waals surface area contributed by atoms with Gasteiger partial charge in [-0.2, -0.15) is 0 Å². The normalized spacial score (nSPS) is 17.5. The smallest absolute Gasteiger partial charge is 0.793 e. The third-order valence-electron chi connectivity index (χ3n) is 3.23. The van der Waals surface area contributed by atoms with Crippen LogP contribution in [0.4, 0.5) is 0 Å². The molecule has 0 amide bonds. The molecule has 0 rings (SSSR count). The van der Waals surface area contributed by atoms with Gasteiger partial charge in [0.25, 0.3) is 0 Å². The van der Waals surface area contributed by atoms with Crippen LogP contribution in [-0.4, -0.2) is 22.7 Å². The third kappa shape index (κ3) is 26.5. The molecule has 1 radical (unpaired) electrons. The van der Waals surface area contributed by atoms with Gasteiger partial charge in [-0.1, -0.05) is 90.8 Å². The van der Waals surface area contributed by atoms with Gasteiger partial charge in [0.2, 0.25) is 0 Å². The second kappa shape index (κ2) is 19.8. The Balaban J connectivity index is -0.000000451. The Bertz CT molecular complexity index is 443. The van der Waals surface area contributed by atoms with Gasteiger partial charge in [0.1, 0.15) is 0 Å². The van der Waals surface area contributed by atoms with Gasteiger partial charge >= 0.3 is 17.1 Å². The monoisotopic (exact) mass is 573 g/mol. The van der Waals surface area contributed by atoms with E-state index in [4.69, 9.17) is 32.7 Å². The van der Waals surface area contributed by atoms with E-state index in [-0.39, 0.29) is 39.8 Å². The second-order valence-electron chi connectivity index (χ2n) is 7.32. The van der Waals surface area contributed by atoms with Gasteiger partial charge in [0.15, 0.2) is 0 Å². The van der Waals surface area contributed by atoms with Crippen LogP contribution in [0.5, 0.6) is 0 Å². The van der Waals surface area contributed by atoms with Crippen molar-refractivity contribution in [1.29, 1.82) is 0 Å². The fourth-order valence-electron chi connectivity index (χ4n) is 2.10. The SMILES string of the molecule is CCCCC(C)OP([O-])(=S)SC(C)C.CCCCC(C)OP([O-])(=S)SC(C)C.[Cu+2]. The van der Waals surface area contributed by atoms with Crippen LogP contribution in [0.2, 0.25) is 0 Å². The van der Waals surface area contributed by atoms with E-state index in [2.05, 4.69) is 13.8 Å². The first-order valence-corrected chi connectivity index (χ1v) is 18.3. The summed E-state index contributed by atoms with van der Waals surface area (Å²) < 4.78 is 10.8. The standard InChI is InChI=1S/2C9H21O2PS2.Cu/c2*1-5-6-7-9(4)11-12(10,13)14-8(2)3;/h2*8-9H,5-7H2,1-4H3,(H,10,13);/q;;+2/p-2. The molecular weight excluding hydrogens is 534 g/mol. The number of rotatable bonds is 14. The van der Waals surface area contributed by atoms with Gasteiger partial charge in [-0.25, -0.2) is 0 Å². The predicted octanol–water partition coefficient (Wildman–Crippen LogP) is 6.61. The summed E-state index contributed by atoms with van der Waals surface area (Å²) in [6, 6.07) is 0. The molecular formula is C18H40CuO4P2S4. The average molecular weight is 574 g/mol. The first-order valence-electron chi connectivity index (χ1n) is 10.1. The van der Waals surface area contributed by atoms with Crippen molar-refractivity contribution in [2.75, 3.05) is 0 Å². The van der Waals surface area contributed by atoms with Crippen LogP contribution in [-0.2, 0) is 49.7 Å². The van der Waals surface area contributed by atoms with Crippen LogP contribution in [0.15, 0.2) is 0 Å². The van der Waals surface area contributed by atoms with Crippen LogP contribution in [0.3, 0.4) is 0 Å². The van der Waals surface area contributed by atoms with E-state index in [1.807, 2.05) is 41.5 Å². The maximum absolute atomic E-state index is 11.8.